The number of hydrazine groups is 1. The minimum Gasteiger partial charge on any atom is -0.458 e. The number of anilines is 1. The van der Waals surface area contributed by atoms with Crippen LogP contribution in [0.3, 0.4) is 0 Å². The molecule has 3 N–H and O–H groups in total. The molecule has 20 heavy (non-hydrogen) atoms. The highest BCUT2D eigenvalue weighted by atomic mass is 16.3. The van der Waals surface area contributed by atoms with Crippen molar-refractivity contribution >= 4 is 5.82 Å². The molecular formula is C15H14N4O. The fourth-order valence-corrected chi connectivity index (χ4v) is 1.94. The molecule has 1 aromatic carbocycles. The molecule has 0 unspecified atom stereocenters. The first-order valence-electron chi connectivity index (χ1n) is 6.24. The normalized spacial score (nSPS) is 10.5. The third kappa shape index (κ3) is 2.39. The minimum atomic E-state index is 0.507. The molecule has 0 aliphatic rings. The summed E-state index contributed by atoms with van der Waals surface area (Å²) in [5.74, 6) is 7.97. The van der Waals surface area contributed by atoms with Crippen LogP contribution >= 0.6 is 0 Å². The first-order chi connectivity index (χ1) is 9.76. The molecule has 2 aromatic heterocycles. The van der Waals surface area contributed by atoms with Crippen LogP contribution in [0, 0.1) is 6.92 Å². The van der Waals surface area contributed by atoms with Gasteiger partial charge in [0, 0.05) is 11.6 Å². The van der Waals surface area contributed by atoms with Gasteiger partial charge in [0.15, 0.2) is 11.6 Å². The molecule has 0 aliphatic carbocycles. The molecule has 0 aliphatic heterocycles. The highest BCUT2D eigenvalue weighted by Crippen LogP contribution is 2.25. The van der Waals surface area contributed by atoms with E-state index in [1.807, 2.05) is 49.4 Å². The van der Waals surface area contributed by atoms with E-state index in [9.17, 15) is 0 Å². The van der Waals surface area contributed by atoms with Crippen molar-refractivity contribution in [1.82, 2.24) is 9.97 Å². The van der Waals surface area contributed by atoms with E-state index in [4.69, 9.17) is 10.3 Å². The summed E-state index contributed by atoms with van der Waals surface area (Å²) in [7, 11) is 0. The lowest BCUT2D eigenvalue weighted by Gasteiger charge is -2.06. The van der Waals surface area contributed by atoms with Gasteiger partial charge in [-0.25, -0.2) is 15.8 Å². The number of furan rings is 1. The Bertz CT molecular complexity index is 722. The Morgan fingerprint density at radius 2 is 1.85 bits per heavy atom. The number of aromatic nitrogens is 2. The van der Waals surface area contributed by atoms with Gasteiger partial charge in [0.2, 0.25) is 0 Å². The molecule has 0 radical (unpaired) electrons. The van der Waals surface area contributed by atoms with Gasteiger partial charge in [-0.15, -0.1) is 0 Å². The van der Waals surface area contributed by atoms with Crippen molar-refractivity contribution in [2.45, 2.75) is 6.92 Å². The molecule has 5 heteroatoms. The number of benzene rings is 1. The highest BCUT2D eigenvalue weighted by molar-refractivity contribution is 5.65. The zero-order chi connectivity index (χ0) is 13.9. The van der Waals surface area contributed by atoms with Crippen LogP contribution in [0.5, 0.6) is 0 Å². The third-order valence-electron chi connectivity index (χ3n) is 2.90. The Kier molecular flexibility index (Phi) is 3.18. The highest BCUT2D eigenvalue weighted by Gasteiger charge is 2.10. The summed E-state index contributed by atoms with van der Waals surface area (Å²) in [6, 6.07) is 15.4. The minimum absolute atomic E-state index is 0.507. The largest absolute Gasteiger partial charge is 0.458 e. The topological polar surface area (TPSA) is 77.0 Å². The predicted molar refractivity (Wildman–Crippen MR) is 77.7 cm³/mol. The molecule has 0 saturated heterocycles. The fraction of sp³-hybridized carbons (Fsp3) is 0.0667. The van der Waals surface area contributed by atoms with Gasteiger partial charge in [-0.1, -0.05) is 30.3 Å². The molecule has 2 heterocycles. The summed E-state index contributed by atoms with van der Waals surface area (Å²) in [5, 5.41) is 0. The Balaban J connectivity index is 2.12. The number of hydrogen-bond acceptors (Lipinski definition) is 5. The van der Waals surface area contributed by atoms with Gasteiger partial charge in [-0.3, -0.25) is 0 Å². The molecular weight excluding hydrogens is 252 g/mol. The van der Waals surface area contributed by atoms with Crippen molar-refractivity contribution in [2.75, 3.05) is 5.43 Å². The second-order valence-electron chi connectivity index (χ2n) is 4.38. The lowest BCUT2D eigenvalue weighted by Crippen LogP contribution is -2.09. The van der Waals surface area contributed by atoms with Gasteiger partial charge in [0.05, 0.1) is 5.69 Å². The SMILES string of the molecule is Cc1ccc(-c2nc(NN)cc(-c3ccccc3)n2)o1. The van der Waals surface area contributed by atoms with Gasteiger partial charge in [0.25, 0.3) is 0 Å². The van der Waals surface area contributed by atoms with Crippen LogP contribution in [0.15, 0.2) is 52.9 Å². The maximum Gasteiger partial charge on any atom is 0.198 e. The molecule has 3 rings (SSSR count). The maximum absolute atomic E-state index is 5.57. The lowest BCUT2D eigenvalue weighted by molar-refractivity contribution is 0.544. The summed E-state index contributed by atoms with van der Waals surface area (Å²) in [4.78, 5) is 8.85. The number of rotatable bonds is 3. The standard InChI is InChI=1S/C15H14N4O/c1-10-7-8-13(20-10)15-17-12(9-14(18-15)19-16)11-5-3-2-4-6-11/h2-9H,16H2,1H3,(H,17,18,19). The van der Waals surface area contributed by atoms with Crippen molar-refractivity contribution in [1.29, 1.82) is 0 Å². The van der Waals surface area contributed by atoms with Crippen molar-refractivity contribution in [3.05, 3.63) is 54.3 Å². The van der Waals surface area contributed by atoms with E-state index in [1.54, 1.807) is 6.07 Å². The average molecular weight is 266 g/mol. The van der Waals surface area contributed by atoms with Crippen LogP contribution in [-0.2, 0) is 0 Å². The summed E-state index contributed by atoms with van der Waals surface area (Å²) in [6.45, 7) is 1.88. The number of nitrogens with zero attached hydrogens (tertiary/aromatic N) is 2. The Hall–Kier alpha value is -2.66. The second kappa shape index (κ2) is 5.14. The van der Waals surface area contributed by atoms with Crippen LogP contribution in [-0.4, -0.2) is 9.97 Å². The molecule has 0 bridgehead atoms. The van der Waals surface area contributed by atoms with Gasteiger partial charge < -0.3 is 9.84 Å². The number of nitrogen functional groups attached to an aromatic ring is 1. The van der Waals surface area contributed by atoms with E-state index >= 15 is 0 Å². The lowest BCUT2D eigenvalue weighted by atomic mass is 10.1. The zero-order valence-electron chi connectivity index (χ0n) is 11.0. The Labute approximate surface area is 116 Å². The van der Waals surface area contributed by atoms with Gasteiger partial charge >= 0.3 is 0 Å². The van der Waals surface area contributed by atoms with Gasteiger partial charge in [-0.2, -0.15) is 0 Å². The van der Waals surface area contributed by atoms with E-state index in [0.29, 0.717) is 17.4 Å². The van der Waals surface area contributed by atoms with E-state index in [2.05, 4.69) is 15.4 Å². The number of nitrogens with one attached hydrogen (secondary N) is 1. The summed E-state index contributed by atoms with van der Waals surface area (Å²) >= 11 is 0. The van der Waals surface area contributed by atoms with E-state index in [1.165, 1.54) is 0 Å². The summed E-state index contributed by atoms with van der Waals surface area (Å²) < 4.78 is 5.57. The van der Waals surface area contributed by atoms with Crippen molar-refractivity contribution in [2.24, 2.45) is 5.84 Å². The van der Waals surface area contributed by atoms with E-state index < -0.39 is 0 Å². The smallest absolute Gasteiger partial charge is 0.198 e. The fourth-order valence-electron chi connectivity index (χ4n) is 1.94. The van der Waals surface area contributed by atoms with Crippen LogP contribution in [0.2, 0.25) is 0 Å². The quantitative estimate of drug-likeness (QED) is 0.563. The van der Waals surface area contributed by atoms with Gasteiger partial charge in [0.1, 0.15) is 11.6 Å². The van der Waals surface area contributed by atoms with Crippen LogP contribution in [0.4, 0.5) is 5.82 Å². The summed E-state index contributed by atoms with van der Waals surface area (Å²) in [5.41, 5.74) is 4.35. The number of nitrogens with two attached hydrogens (primary N) is 1. The van der Waals surface area contributed by atoms with Crippen LogP contribution in [0.25, 0.3) is 22.8 Å². The van der Waals surface area contributed by atoms with E-state index in [0.717, 1.165) is 17.0 Å². The van der Waals surface area contributed by atoms with Crippen LogP contribution < -0.4 is 11.3 Å². The average Bonchev–Trinajstić information content (AvgIpc) is 2.94. The van der Waals surface area contributed by atoms with Crippen LogP contribution in [0.1, 0.15) is 5.76 Å². The number of hydrogen-bond donors (Lipinski definition) is 2. The number of aryl methyl sites for hydroxylation is 1. The maximum atomic E-state index is 5.57. The second-order valence-corrected chi connectivity index (χ2v) is 4.38. The van der Waals surface area contributed by atoms with E-state index in [-0.39, 0.29) is 0 Å². The molecule has 0 spiro atoms. The van der Waals surface area contributed by atoms with Crippen molar-refractivity contribution in [3.63, 3.8) is 0 Å². The molecule has 0 saturated carbocycles. The molecule has 0 atom stereocenters. The molecule has 3 aromatic rings. The molecule has 0 amide bonds. The van der Waals surface area contributed by atoms with Gasteiger partial charge in [-0.05, 0) is 19.1 Å². The zero-order valence-corrected chi connectivity index (χ0v) is 11.0. The monoisotopic (exact) mass is 266 g/mol. The molecule has 0 fully saturated rings. The Morgan fingerprint density at radius 1 is 1.05 bits per heavy atom. The van der Waals surface area contributed by atoms with Crippen molar-refractivity contribution in [3.8, 4) is 22.8 Å². The predicted octanol–water partition coefficient (Wildman–Crippen LogP) is 3.00. The van der Waals surface area contributed by atoms with Crippen molar-refractivity contribution < 1.29 is 4.42 Å². The third-order valence-corrected chi connectivity index (χ3v) is 2.90. The molecule has 5 nitrogen and oxygen atoms in total. The first kappa shape index (κ1) is 12.4. The molecule has 100 valence electrons. The first-order valence-corrected chi connectivity index (χ1v) is 6.24. The Morgan fingerprint density at radius 3 is 2.50 bits per heavy atom. The summed E-state index contributed by atoms with van der Waals surface area (Å²) in [6.07, 6.45) is 0.